The monoisotopic (exact) mass is 228 g/mol. The first-order valence-corrected chi connectivity index (χ1v) is 5.94. The molecule has 0 unspecified atom stereocenters. The number of carbonyl (C=O) groups is 1. The van der Waals surface area contributed by atoms with E-state index < -0.39 is 0 Å². The summed E-state index contributed by atoms with van der Waals surface area (Å²) in [7, 11) is 0. The Morgan fingerprint density at radius 3 is 2.38 bits per heavy atom. The van der Waals surface area contributed by atoms with Crippen LogP contribution in [0.15, 0.2) is 12.2 Å². The van der Waals surface area contributed by atoms with E-state index in [1.54, 1.807) is 6.92 Å². The predicted molar refractivity (Wildman–Crippen MR) is 65.3 cm³/mol. The molecule has 0 aromatic heterocycles. The van der Waals surface area contributed by atoms with Gasteiger partial charge in [0.15, 0.2) is 0 Å². The minimum atomic E-state index is -0.305. The van der Waals surface area contributed by atoms with Gasteiger partial charge in [0.2, 0.25) is 0 Å². The molecule has 0 aromatic rings. The molecule has 94 valence electrons. The van der Waals surface area contributed by atoms with Gasteiger partial charge in [-0.25, -0.2) is 4.79 Å². The number of ether oxygens (including phenoxy) is 2. The Labute approximate surface area is 98.8 Å². The van der Waals surface area contributed by atoms with Gasteiger partial charge in [-0.3, -0.25) is 0 Å². The second kappa shape index (κ2) is 9.40. The number of hydrogen-bond donors (Lipinski definition) is 0. The van der Waals surface area contributed by atoms with Crippen molar-refractivity contribution in [3.8, 4) is 0 Å². The summed E-state index contributed by atoms with van der Waals surface area (Å²) < 4.78 is 10.4. The molecular weight excluding hydrogens is 204 g/mol. The van der Waals surface area contributed by atoms with E-state index in [2.05, 4.69) is 20.4 Å². The van der Waals surface area contributed by atoms with Crippen LogP contribution in [0.25, 0.3) is 0 Å². The largest absolute Gasteiger partial charge is 0.462 e. The SMILES string of the molecule is C=C(C)C(=O)OCCCCOCCC(C)C. The lowest BCUT2D eigenvalue weighted by Gasteiger charge is -2.06. The second-order valence-corrected chi connectivity index (χ2v) is 4.42. The topological polar surface area (TPSA) is 35.5 Å². The summed E-state index contributed by atoms with van der Waals surface area (Å²) in [5.41, 5.74) is 0.452. The number of carbonyl (C=O) groups excluding carboxylic acids is 1. The lowest BCUT2D eigenvalue weighted by Crippen LogP contribution is -2.07. The fourth-order valence-corrected chi connectivity index (χ4v) is 1.02. The van der Waals surface area contributed by atoms with Crippen molar-refractivity contribution >= 4 is 5.97 Å². The number of hydrogen-bond acceptors (Lipinski definition) is 3. The molecule has 3 heteroatoms. The number of unbranched alkanes of at least 4 members (excludes halogenated alkanes) is 1. The van der Waals surface area contributed by atoms with Gasteiger partial charge in [-0.15, -0.1) is 0 Å². The standard InChI is InChI=1S/C13H24O3/c1-11(2)7-10-15-8-5-6-9-16-13(14)12(3)4/h11H,3,5-10H2,1-2,4H3. The molecular formula is C13H24O3. The highest BCUT2D eigenvalue weighted by atomic mass is 16.5. The van der Waals surface area contributed by atoms with Crippen LogP contribution in [0.1, 0.15) is 40.0 Å². The van der Waals surface area contributed by atoms with Gasteiger partial charge in [-0.2, -0.15) is 0 Å². The van der Waals surface area contributed by atoms with Crippen LogP contribution < -0.4 is 0 Å². The molecule has 0 saturated heterocycles. The molecule has 0 fully saturated rings. The molecule has 0 atom stereocenters. The molecule has 0 N–H and O–H groups in total. The maximum atomic E-state index is 11.0. The summed E-state index contributed by atoms with van der Waals surface area (Å²) in [5, 5.41) is 0. The zero-order valence-corrected chi connectivity index (χ0v) is 10.8. The summed E-state index contributed by atoms with van der Waals surface area (Å²) in [6.45, 7) is 11.6. The van der Waals surface area contributed by atoms with Crippen molar-refractivity contribution in [1.82, 2.24) is 0 Å². The van der Waals surface area contributed by atoms with Crippen molar-refractivity contribution in [3.05, 3.63) is 12.2 Å². The summed E-state index contributed by atoms with van der Waals surface area (Å²) in [5.74, 6) is 0.386. The van der Waals surface area contributed by atoms with E-state index in [1.807, 2.05) is 0 Å². The minimum absolute atomic E-state index is 0.305. The second-order valence-electron chi connectivity index (χ2n) is 4.42. The van der Waals surface area contributed by atoms with Crippen LogP contribution in [0.2, 0.25) is 0 Å². The van der Waals surface area contributed by atoms with Gasteiger partial charge in [0, 0.05) is 18.8 Å². The molecule has 0 radical (unpaired) electrons. The van der Waals surface area contributed by atoms with E-state index in [0.29, 0.717) is 18.1 Å². The van der Waals surface area contributed by atoms with Crippen LogP contribution in [0.3, 0.4) is 0 Å². The lowest BCUT2D eigenvalue weighted by atomic mass is 10.1. The van der Waals surface area contributed by atoms with E-state index in [4.69, 9.17) is 9.47 Å². The van der Waals surface area contributed by atoms with Crippen molar-refractivity contribution in [1.29, 1.82) is 0 Å². The fraction of sp³-hybridized carbons (Fsp3) is 0.769. The average molecular weight is 228 g/mol. The summed E-state index contributed by atoms with van der Waals surface area (Å²) in [4.78, 5) is 11.0. The first-order chi connectivity index (χ1) is 7.54. The van der Waals surface area contributed by atoms with Gasteiger partial charge in [-0.1, -0.05) is 20.4 Å². The van der Waals surface area contributed by atoms with Crippen LogP contribution >= 0.6 is 0 Å². The van der Waals surface area contributed by atoms with E-state index >= 15 is 0 Å². The van der Waals surface area contributed by atoms with Crippen molar-refractivity contribution in [2.75, 3.05) is 19.8 Å². The minimum Gasteiger partial charge on any atom is -0.462 e. The Balaban J connectivity index is 3.16. The normalized spacial score (nSPS) is 10.5. The smallest absolute Gasteiger partial charge is 0.333 e. The van der Waals surface area contributed by atoms with Crippen LogP contribution in [0.5, 0.6) is 0 Å². The van der Waals surface area contributed by atoms with Crippen LogP contribution in [0, 0.1) is 5.92 Å². The molecule has 0 aromatic carbocycles. The third-order valence-electron chi connectivity index (χ3n) is 2.10. The van der Waals surface area contributed by atoms with Crippen LogP contribution in [-0.4, -0.2) is 25.8 Å². The highest BCUT2D eigenvalue weighted by Gasteiger charge is 2.01. The molecule has 0 aliphatic heterocycles. The van der Waals surface area contributed by atoms with Gasteiger partial charge in [-0.05, 0) is 32.1 Å². The van der Waals surface area contributed by atoms with Crippen LogP contribution in [-0.2, 0) is 14.3 Å². The van der Waals surface area contributed by atoms with Gasteiger partial charge in [0.05, 0.1) is 6.61 Å². The van der Waals surface area contributed by atoms with Crippen molar-refractivity contribution in [3.63, 3.8) is 0 Å². The molecule has 0 aliphatic carbocycles. The number of esters is 1. The molecule has 0 rings (SSSR count). The van der Waals surface area contributed by atoms with Crippen molar-refractivity contribution < 1.29 is 14.3 Å². The van der Waals surface area contributed by atoms with Crippen molar-refractivity contribution in [2.24, 2.45) is 5.92 Å². The van der Waals surface area contributed by atoms with Crippen molar-refractivity contribution in [2.45, 2.75) is 40.0 Å². The van der Waals surface area contributed by atoms with Crippen LogP contribution in [0.4, 0.5) is 0 Å². The predicted octanol–water partition coefficient (Wildman–Crippen LogP) is 2.95. The van der Waals surface area contributed by atoms with E-state index in [0.717, 1.165) is 32.5 Å². The van der Waals surface area contributed by atoms with Gasteiger partial charge < -0.3 is 9.47 Å². The quantitative estimate of drug-likeness (QED) is 0.346. The third kappa shape index (κ3) is 9.71. The Morgan fingerprint density at radius 1 is 1.19 bits per heavy atom. The van der Waals surface area contributed by atoms with Gasteiger partial charge in [0.25, 0.3) is 0 Å². The Morgan fingerprint density at radius 2 is 1.81 bits per heavy atom. The molecule has 0 saturated carbocycles. The molecule has 16 heavy (non-hydrogen) atoms. The molecule has 0 heterocycles. The highest BCUT2D eigenvalue weighted by Crippen LogP contribution is 2.00. The Kier molecular flexibility index (Phi) is 8.91. The van der Waals surface area contributed by atoms with E-state index in [-0.39, 0.29) is 5.97 Å². The number of rotatable bonds is 9. The summed E-state index contributed by atoms with van der Waals surface area (Å²) in [6.07, 6.45) is 2.88. The summed E-state index contributed by atoms with van der Waals surface area (Å²) in [6, 6.07) is 0. The summed E-state index contributed by atoms with van der Waals surface area (Å²) >= 11 is 0. The van der Waals surface area contributed by atoms with Gasteiger partial charge in [0.1, 0.15) is 0 Å². The van der Waals surface area contributed by atoms with Gasteiger partial charge >= 0.3 is 5.97 Å². The average Bonchev–Trinajstić information content (AvgIpc) is 2.21. The zero-order chi connectivity index (χ0) is 12.4. The van der Waals surface area contributed by atoms with E-state index in [1.165, 1.54) is 0 Å². The highest BCUT2D eigenvalue weighted by molar-refractivity contribution is 5.86. The first-order valence-electron chi connectivity index (χ1n) is 5.94. The zero-order valence-electron chi connectivity index (χ0n) is 10.8. The molecule has 0 aliphatic rings. The maximum Gasteiger partial charge on any atom is 0.333 e. The van der Waals surface area contributed by atoms with E-state index in [9.17, 15) is 4.79 Å². The third-order valence-corrected chi connectivity index (χ3v) is 2.10. The molecule has 0 bridgehead atoms. The lowest BCUT2D eigenvalue weighted by molar-refractivity contribution is -0.139. The molecule has 3 nitrogen and oxygen atoms in total. The fourth-order valence-electron chi connectivity index (χ4n) is 1.02. The Bertz CT molecular complexity index is 209. The first kappa shape index (κ1) is 15.2. The maximum absolute atomic E-state index is 11.0. The molecule has 0 spiro atoms. The molecule has 0 amide bonds. The Hall–Kier alpha value is -0.830.